The van der Waals surface area contributed by atoms with Crippen molar-refractivity contribution < 1.29 is 17.9 Å². The Morgan fingerprint density at radius 2 is 1.95 bits per heavy atom. The zero-order valence-corrected chi connectivity index (χ0v) is 22.7. The zero-order chi connectivity index (χ0) is 28.6. The summed E-state index contributed by atoms with van der Waals surface area (Å²) in [6, 6.07) is 3.92. The van der Waals surface area contributed by atoms with E-state index < -0.39 is 11.7 Å². The molecule has 210 valence electrons. The first-order chi connectivity index (χ1) is 19.1. The number of anilines is 3. The average molecular weight is 574 g/mol. The lowest BCUT2D eigenvalue weighted by Crippen LogP contribution is -2.18. The molecule has 0 saturated carbocycles. The van der Waals surface area contributed by atoms with Crippen LogP contribution in [0.5, 0.6) is 5.75 Å². The number of nitrogens with one attached hydrogen (secondary N) is 2. The van der Waals surface area contributed by atoms with Crippen LogP contribution in [0.4, 0.5) is 30.6 Å². The average Bonchev–Trinajstić information content (AvgIpc) is 3.50. The minimum Gasteiger partial charge on any atom is -0.450 e. The van der Waals surface area contributed by atoms with Gasteiger partial charge < -0.3 is 25.7 Å². The molecular weight excluding hydrogens is 547 g/mol. The van der Waals surface area contributed by atoms with Crippen molar-refractivity contribution in [1.29, 1.82) is 0 Å². The van der Waals surface area contributed by atoms with Gasteiger partial charge in [0, 0.05) is 32.0 Å². The van der Waals surface area contributed by atoms with E-state index in [-0.39, 0.29) is 39.9 Å². The molecule has 0 spiro atoms. The number of imidazole rings is 1. The molecule has 1 unspecified atom stereocenters. The monoisotopic (exact) mass is 573 g/mol. The predicted molar refractivity (Wildman–Crippen MR) is 147 cm³/mol. The van der Waals surface area contributed by atoms with E-state index in [9.17, 15) is 13.2 Å². The fourth-order valence-corrected chi connectivity index (χ4v) is 5.01. The number of nitrogens with zero attached hydrogens (tertiary/aromatic N) is 6. The first kappa shape index (κ1) is 27.5. The van der Waals surface area contributed by atoms with Crippen LogP contribution in [0.1, 0.15) is 35.7 Å². The predicted octanol–water partition coefficient (Wildman–Crippen LogP) is 5.32. The molecule has 4 heterocycles. The molecule has 10 nitrogen and oxygen atoms in total. The Kier molecular flexibility index (Phi) is 7.43. The van der Waals surface area contributed by atoms with Crippen LogP contribution in [0.2, 0.25) is 5.02 Å². The fraction of sp³-hybridized carbons (Fsp3) is 0.308. The second-order valence-electron chi connectivity index (χ2n) is 9.38. The summed E-state index contributed by atoms with van der Waals surface area (Å²) in [5.41, 5.74) is 6.96. The van der Waals surface area contributed by atoms with Gasteiger partial charge in [0.25, 0.3) is 0 Å². The zero-order valence-electron chi connectivity index (χ0n) is 21.9. The third-order valence-electron chi connectivity index (χ3n) is 6.78. The Hall–Kier alpha value is -4.10. The van der Waals surface area contributed by atoms with Gasteiger partial charge in [-0.05, 0) is 50.2 Å². The van der Waals surface area contributed by atoms with Crippen LogP contribution in [-0.4, -0.2) is 50.0 Å². The Balaban J connectivity index is 1.47. The number of nitrogens with two attached hydrogens (primary N) is 1. The molecule has 0 amide bonds. The minimum absolute atomic E-state index is 0.0944. The first-order valence-electron chi connectivity index (χ1n) is 12.4. The van der Waals surface area contributed by atoms with E-state index in [0.717, 1.165) is 25.5 Å². The number of likely N-dealkylation sites (tertiary alicyclic amines) is 1. The normalized spacial score (nSPS) is 16.5. The number of rotatable bonds is 7. The van der Waals surface area contributed by atoms with Gasteiger partial charge in [-0.3, -0.25) is 4.90 Å². The third kappa shape index (κ3) is 5.34. The molecule has 1 fully saturated rings. The maximum absolute atomic E-state index is 13.8. The number of benzene rings is 1. The van der Waals surface area contributed by atoms with E-state index in [4.69, 9.17) is 22.1 Å². The Morgan fingerprint density at radius 3 is 2.58 bits per heavy atom. The van der Waals surface area contributed by atoms with E-state index in [2.05, 4.69) is 35.5 Å². The maximum atomic E-state index is 13.8. The maximum Gasteiger partial charge on any atom is 0.416 e. The van der Waals surface area contributed by atoms with Crippen LogP contribution in [0, 0.1) is 0 Å². The SMILES string of the molecule is CNc1cnc(C(=CN)Oc2cnc3nc(Nc4cc(C5CCCN5C)cc(C(F)(F)F)c4)n(C)c3c2Cl)cn1. The molecule has 14 heteroatoms. The van der Waals surface area contributed by atoms with Gasteiger partial charge in [0.1, 0.15) is 22.1 Å². The molecule has 1 aromatic carbocycles. The number of aromatic nitrogens is 5. The lowest BCUT2D eigenvalue weighted by molar-refractivity contribution is -0.137. The highest BCUT2D eigenvalue weighted by Crippen LogP contribution is 2.39. The molecule has 0 bridgehead atoms. The van der Waals surface area contributed by atoms with Crippen LogP contribution >= 0.6 is 11.6 Å². The number of aryl methyl sites for hydroxylation is 1. The Morgan fingerprint density at radius 1 is 1.15 bits per heavy atom. The van der Waals surface area contributed by atoms with E-state index in [1.807, 2.05) is 7.05 Å². The molecule has 5 rings (SSSR count). The first-order valence-corrected chi connectivity index (χ1v) is 12.8. The highest BCUT2D eigenvalue weighted by atomic mass is 35.5. The molecule has 1 aliphatic heterocycles. The van der Waals surface area contributed by atoms with Crippen LogP contribution in [0.3, 0.4) is 0 Å². The van der Waals surface area contributed by atoms with Crippen molar-refractivity contribution in [3.63, 3.8) is 0 Å². The van der Waals surface area contributed by atoms with Gasteiger partial charge in [-0.2, -0.15) is 18.2 Å². The molecule has 1 saturated heterocycles. The van der Waals surface area contributed by atoms with Crippen molar-refractivity contribution in [3.05, 3.63) is 64.8 Å². The second-order valence-corrected chi connectivity index (χ2v) is 9.76. The van der Waals surface area contributed by atoms with Crippen molar-refractivity contribution in [2.24, 2.45) is 12.8 Å². The standard InChI is InChI=1S/C26H27ClF3N9O/c1-32-21-13-33-17(11-34-21)19(10-31)40-20-12-35-24-23(22(20)27)39(3)25(37-24)36-16-8-14(18-5-4-6-38(18)2)7-15(9-16)26(28,29)30/h7-13,18H,4-6,31H2,1-3H3,(H,32,34)(H,35,36,37). The lowest BCUT2D eigenvalue weighted by atomic mass is 10.0. The van der Waals surface area contributed by atoms with Crippen molar-refractivity contribution in [2.75, 3.05) is 31.3 Å². The molecule has 1 aliphatic rings. The lowest BCUT2D eigenvalue weighted by Gasteiger charge is -2.22. The summed E-state index contributed by atoms with van der Waals surface area (Å²) in [6.45, 7) is 0.831. The van der Waals surface area contributed by atoms with E-state index in [1.54, 1.807) is 24.7 Å². The number of pyridine rings is 1. The van der Waals surface area contributed by atoms with Gasteiger partial charge in [-0.15, -0.1) is 0 Å². The second kappa shape index (κ2) is 10.8. The molecular formula is C26H27ClF3N9O. The highest BCUT2D eigenvalue weighted by molar-refractivity contribution is 6.36. The Bertz CT molecular complexity index is 1570. The summed E-state index contributed by atoms with van der Waals surface area (Å²) < 4.78 is 48.9. The highest BCUT2D eigenvalue weighted by Gasteiger charge is 2.33. The van der Waals surface area contributed by atoms with Gasteiger partial charge in [0.15, 0.2) is 17.2 Å². The van der Waals surface area contributed by atoms with Gasteiger partial charge >= 0.3 is 6.18 Å². The van der Waals surface area contributed by atoms with Crippen molar-refractivity contribution in [1.82, 2.24) is 29.4 Å². The molecule has 0 aliphatic carbocycles. The number of hydrogen-bond donors (Lipinski definition) is 3. The van der Waals surface area contributed by atoms with Crippen molar-refractivity contribution >= 4 is 46.0 Å². The van der Waals surface area contributed by atoms with Gasteiger partial charge in [0.05, 0.1) is 24.2 Å². The number of alkyl halides is 3. The number of fused-ring (bicyclic) bond motifs is 1. The summed E-state index contributed by atoms with van der Waals surface area (Å²) >= 11 is 6.69. The summed E-state index contributed by atoms with van der Waals surface area (Å²) in [7, 11) is 5.31. The largest absolute Gasteiger partial charge is 0.450 e. The van der Waals surface area contributed by atoms with Crippen molar-refractivity contribution in [2.45, 2.75) is 25.1 Å². The molecule has 4 N–H and O–H groups in total. The smallest absolute Gasteiger partial charge is 0.416 e. The fourth-order valence-electron chi connectivity index (χ4n) is 4.71. The molecule has 4 aromatic rings. The molecule has 40 heavy (non-hydrogen) atoms. The Labute approximate surface area is 233 Å². The number of hydrogen-bond acceptors (Lipinski definition) is 9. The van der Waals surface area contributed by atoms with E-state index in [1.165, 1.54) is 30.9 Å². The summed E-state index contributed by atoms with van der Waals surface area (Å²) in [5, 5.41) is 6.09. The van der Waals surface area contributed by atoms with Gasteiger partial charge in [0.2, 0.25) is 5.95 Å². The van der Waals surface area contributed by atoms with E-state index in [0.29, 0.717) is 22.6 Å². The third-order valence-corrected chi connectivity index (χ3v) is 7.15. The van der Waals surface area contributed by atoms with Crippen molar-refractivity contribution in [3.8, 4) is 5.75 Å². The molecule has 1 atom stereocenters. The summed E-state index contributed by atoms with van der Waals surface area (Å²) in [6.07, 6.45) is 2.84. The molecule has 3 aromatic heterocycles. The van der Waals surface area contributed by atoms with Crippen LogP contribution in [0.25, 0.3) is 16.9 Å². The van der Waals surface area contributed by atoms with Crippen LogP contribution < -0.4 is 21.1 Å². The number of ether oxygens (including phenoxy) is 1. The minimum atomic E-state index is -4.50. The number of halogens is 4. The molecule has 0 radical (unpaired) electrons. The van der Waals surface area contributed by atoms with Gasteiger partial charge in [-0.1, -0.05) is 11.6 Å². The summed E-state index contributed by atoms with van der Waals surface area (Å²) in [4.78, 5) is 19.3. The van der Waals surface area contributed by atoms with Gasteiger partial charge in [-0.25, -0.2) is 15.0 Å². The quantitative estimate of drug-likeness (QED) is 0.252. The van der Waals surface area contributed by atoms with E-state index >= 15 is 0 Å². The van der Waals surface area contributed by atoms with Crippen LogP contribution in [-0.2, 0) is 13.2 Å². The summed E-state index contributed by atoms with van der Waals surface area (Å²) in [5.74, 6) is 1.21. The van der Waals surface area contributed by atoms with Crippen LogP contribution in [0.15, 0.2) is 43.0 Å². The topological polar surface area (TPSA) is 119 Å².